The van der Waals surface area contributed by atoms with Crippen molar-refractivity contribution in [1.29, 1.82) is 0 Å². The molecule has 0 spiro atoms. The van der Waals surface area contributed by atoms with Gasteiger partial charge in [-0.1, -0.05) is 17.7 Å². The van der Waals surface area contributed by atoms with Crippen molar-refractivity contribution in [2.24, 2.45) is 12.0 Å². The number of hydrogen-bond donors (Lipinski definition) is 1. The number of guanidine groups is 1. The van der Waals surface area contributed by atoms with Gasteiger partial charge in [-0.2, -0.15) is 0 Å². The molecule has 0 aliphatic carbocycles. The number of halogens is 1. The van der Waals surface area contributed by atoms with E-state index in [1.165, 1.54) is 0 Å². The van der Waals surface area contributed by atoms with Gasteiger partial charge in [0.15, 0.2) is 5.96 Å². The van der Waals surface area contributed by atoms with Crippen molar-refractivity contribution in [3.63, 3.8) is 0 Å². The van der Waals surface area contributed by atoms with E-state index in [0.29, 0.717) is 25.6 Å². The van der Waals surface area contributed by atoms with Gasteiger partial charge in [-0.05, 0) is 19.1 Å². The molecule has 1 N–H and O–H groups in total. The van der Waals surface area contributed by atoms with Crippen LogP contribution in [0, 0.1) is 0 Å². The second kappa shape index (κ2) is 8.59. The van der Waals surface area contributed by atoms with Gasteiger partial charge >= 0.3 is 0 Å². The van der Waals surface area contributed by atoms with Crippen LogP contribution in [-0.2, 0) is 20.1 Å². The molecule has 0 amide bonds. The SMILES string of the molecule is CCOc1ncccc1CNC(=NC)N(C)Cc1cc(Cl)cn1C. The smallest absolute Gasteiger partial charge is 0.218 e. The fraction of sp³-hybridized carbons (Fsp3) is 0.412. The van der Waals surface area contributed by atoms with Crippen LogP contribution in [0.2, 0.25) is 5.02 Å². The molecule has 0 unspecified atom stereocenters. The first kappa shape index (κ1) is 18.1. The number of aromatic nitrogens is 2. The molecule has 2 heterocycles. The van der Waals surface area contributed by atoms with Crippen LogP contribution in [0.15, 0.2) is 35.6 Å². The molecule has 0 fully saturated rings. The third-order valence-corrected chi connectivity index (χ3v) is 3.82. The van der Waals surface area contributed by atoms with Gasteiger partial charge in [0, 0.05) is 51.3 Å². The van der Waals surface area contributed by atoms with E-state index in [-0.39, 0.29) is 0 Å². The highest BCUT2D eigenvalue weighted by Gasteiger charge is 2.11. The third kappa shape index (κ3) is 4.64. The molecule has 0 atom stereocenters. The molecule has 0 saturated heterocycles. The van der Waals surface area contributed by atoms with Gasteiger partial charge in [0.25, 0.3) is 0 Å². The van der Waals surface area contributed by atoms with Crippen molar-refractivity contribution in [3.05, 3.63) is 46.9 Å². The molecular weight excluding hydrogens is 326 g/mol. The first-order valence-electron chi connectivity index (χ1n) is 7.84. The van der Waals surface area contributed by atoms with Gasteiger partial charge in [0.05, 0.1) is 18.2 Å². The van der Waals surface area contributed by atoms with E-state index < -0.39 is 0 Å². The summed E-state index contributed by atoms with van der Waals surface area (Å²) in [5.41, 5.74) is 2.11. The van der Waals surface area contributed by atoms with Gasteiger partial charge in [0.1, 0.15) is 0 Å². The van der Waals surface area contributed by atoms with Gasteiger partial charge in [-0.15, -0.1) is 0 Å². The van der Waals surface area contributed by atoms with Crippen LogP contribution in [0.1, 0.15) is 18.2 Å². The number of nitrogens with one attached hydrogen (secondary N) is 1. The highest BCUT2D eigenvalue weighted by molar-refractivity contribution is 6.30. The fourth-order valence-corrected chi connectivity index (χ4v) is 2.70. The summed E-state index contributed by atoms with van der Waals surface area (Å²) in [6.07, 6.45) is 3.62. The number of ether oxygens (including phenoxy) is 1. The van der Waals surface area contributed by atoms with E-state index in [2.05, 4.69) is 15.3 Å². The molecule has 130 valence electrons. The molecule has 2 aromatic heterocycles. The average molecular weight is 350 g/mol. The van der Waals surface area contributed by atoms with Crippen LogP contribution >= 0.6 is 11.6 Å². The maximum Gasteiger partial charge on any atom is 0.218 e. The Bertz CT molecular complexity index is 698. The Hall–Kier alpha value is -2.21. The maximum atomic E-state index is 6.04. The van der Waals surface area contributed by atoms with Crippen molar-refractivity contribution >= 4 is 17.6 Å². The Balaban J connectivity index is 2.01. The van der Waals surface area contributed by atoms with Crippen LogP contribution in [0.5, 0.6) is 5.88 Å². The zero-order valence-electron chi connectivity index (χ0n) is 14.6. The molecule has 7 heteroatoms. The highest BCUT2D eigenvalue weighted by Crippen LogP contribution is 2.15. The Morgan fingerprint density at radius 3 is 2.92 bits per heavy atom. The fourth-order valence-electron chi connectivity index (χ4n) is 2.43. The molecule has 24 heavy (non-hydrogen) atoms. The predicted molar refractivity (Wildman–Crippen MR) is 97.5 cm³/mol. The largest absolute Gasteiger partial charge is 0.478 e. The molecule has 2 aromatic rings. The number of hydrogen-bond acceptors (Lipinski definition) is 3. The molecule has 0 aromatic carbocycles. The Morgan fingerprint density at radius 2 is 2.29 bits per heavy atom. The standard InChI is InChI=1S/C17H24ClN5O/c1-5-24-16-13(7-6-8-20-16)10-21-17(19-2)23(4)12-15-9-14(18)11-22(15)3/h6-9,11H,5,10,12H2,1-4H3,(H,19,21). The lowest BCUT2D eigenvalue weighted by Gasteiger charge is -2.22. The lowest BCUT2D eigenvalue weighted by Crippen LogP contribution is -2.38. The van der Waals surface area contributed by atoms with Crippen LogP contribution in [0.4, 0.5) is 0 Å². The summed E-state index contributed by atoms with van der Waals surface area (Å²) in [4.78, 5) is 10.6. The van der Waals surface area contributed by atoms with E-state index in [4.69, 9.17) is 16.3 Å². The topological polar surface area (TPSA) is 54.7 Å². The van der Waals surface area contributed by atoms with E-state index in [1.54, 1.807) is 13.2 Å². The van der Waals surface area contributed by atoms with Crippen LogP contribution in [-0.4, -0.2) is 41.1 Å². The number of aliphatic imine (C=N–C) groups is 1. The molecule has 0 bridgehead atoms. The number of rotatable bonds is 6. The Morgan fingerprint density at radius 1 is 1.50 bits per heavy atom. The van der Waals surface area contributed by atoms with E-state index in [0.717, 1.165) is 22.2 Å². The summed E-state index contributed by atoms with van der Waals surface area (Å²) in [6, 6.07) is 5.85. The molecule has 0 radical (unpaired) electrons. The summed E-state index contributed by atoms with van der Waals surface area (Å²) in [5, 5.41) is 4.08. The van der Waals surface area contributed by atoms with E-state index in [1.807, 2.05) is 54.9 Å². The Labute approximate surface area is 148 Å². The maximum absolute atomic E-state index is 6.04. The van der Waals surface area contributed by atoms with Crippen molar-refractivity contribution < 1.29 is 4.74 Å². The molecule has 6 nitrogen and oxygen atoms in total. The normalized spacial score (nSPS) is 11.5. The lowest BCUT2D eigenvalue weighted by molar-refractivity contribution is 0.322. The quantitative estimate of drug-likeness (QED) is 0.643. The highest BCUT2D eigenvalue weighted by atomic mass is 35.5. The zero-order valence-corrected chi connectivity index (χ0v) is 15.3. The van der Waals surface area contributed by atoms with Gasteiger partial charge in [-0.3, -0.25) is 4.99 Å². The van der Waals surface area contributed by atoms with Crippen molar-refractivity contribution in [2.45, 2.75) is 20.0 Å². The first-order chi connectivity index (χ1) is 11.5. The van der Waals surface area contributed by atoms with Crippen LogP contribution < -0.4 is 10.1 Å². The minimum Gasteiger partial charge on any atom is -0.478 e. The number of pyridine rings is 1. The molecule has 0 aliphatic rings. The molecule has 2 rings (SSSR count). The van der Waals surface area contributed by atoms with Crippen LogP contribution in [0.3, 0.4) is 0 Å². The third-order valence-electron chi connectivity index (χ3n) is 3.62. The van der Waals surface area contributed by atoms with Gasteiger partial charge in [-0.25, -0.2) is 4.98 Å². The van der Waals surface area contributed by atoms with Gasteiger partial charge < -0.3 is 19.5 Å². The number of nitrogens with zero attached hydrogens (tertiary/aromatic N) is 4. The summed E-state index contributed by atoms with van der Waals surface area (Å²) >= 11 is 6.04. The molecule has 0 aliphatic heterocycles. The number of aryl methyl sites for hydroxylation is 1. The monoisotopic (exact) mass is 349 g/mol. The van der Waals surface area contributed by atoms with Gasteiger partial charge in [0.2, 0.25) is 5.88 Å². The molecular formula is C17H24ClN5O. The Kier molecular flexibility index (Phi) is 6.49. The second-order valence-corrected chi connectivity index (χ2v) is 5.85. The predicted octanol–water partition coefficient (Wildman–Crippen LogP) is 2.68. The zero-order chi connectivity index (χ0) is 17.5. The van der Waals surface area contributed by atoms with Crippen molar-refractivity contribution in [1.82, 2.24) is 19.8 Å². The van der Waals surface area contributed by atoms with Crippen LogP contribution in [0.25, 0.3) is 0 Å². The summed E-state index contributed by atoms with van der Waals surface area (Å²) in [5.74, 6) is 1.44. The van der Waals surface area contributed by atoms with Crippen molar-refractivity contribution in [3.8, 4) is 5.88 Å². The minimum atomic E-state index is 0.590. The second-order valence-electron chi connectivity index (χ2n) is 5.42. The lowest BCUT2D eigenvalue weighted by atomic mass is 10.2. The summed E-state index contributed by atoms with van der Waals surface area (Å²) in [7, 11) is 5.74. The van der Waals surface area contributed by atoms with E-state index in [9.17, 15) is 0 Å². The van der Waals surface area contributed by atoms with Crippen molar-refractivity contribution in [2.75, 3.05) is 20.7 Å². The summed E-state index contributed by atoms with van der Waals surface area (Å²) < 4.78 is 7.57. The molecule has 0 saturated carbocycles. The summed E-state index contributed by atoms with van der Waals surface area (Å²) in [6.45, 7) is 3.83. The average Bonchev–Trinajstić information content (AvgIpc) is 2.87. The minimum absolute atomic E-state index is 0.590. The van der Waals surface area contributed by atoms with E-state index >= 15 is 0 Å². The first-order valence-corrected chi connectivity index (χ1v) is 8.22.